The van der Waals surface area contributed by atoms with Crippen molar-refractivity contribution in [1.82, 2.24) is 4.31 Å². The van der Waals surface area contributed by atoms with Gasteiger partial charge in [0.2, 0.25) is 15.9 Å². The summed E-state index contributed by atoms with van der Waals surface area (Å²) < 4.78 is 26.7. The van der Waals surface area contributed by atoms with E-state index in [4.69, 9.17) is 0 Å². The molecule has 1 fully saturated rings. The van der Waals surface area contributed by atoms with Crippen molar-refractivity contribution in [2.75, 3.05) is 12.4 Å². The van der Waals surface area contributed by atoms with E-state index in [-0.39, 0.29) is 16.7 Å². The molecule has 124 valence electrons. The lowest BCUT2D eigenvalue weighted by Gasteiger charge is -2.32. The lowest BCUT2D eigenvalue weighted by Crippen LogP contribution is -2.47. The summed E-state index contributed by atoms with van der Waals surface area (Å²) in [4.78, 5) is 11.5. The fourth-order valence-electron chi connectivity index (χ4n) is 2.43. The van der Waals surface area contributed by atoms with Crippen LogP contribution in [0.3, 0.4) is 0 Å². The fourth-order valence-corrected chi connectivity index (χ4v) is 3.92. The van der Waals surface area contributed by atoms with E-state index >= 15 is 0 Å². The van der Waals surface area contributed by atoms with E-state index in [2.05, 4.69) is 11.4 Å². The Balaban J connectivity index is 2.26. The van der Waals surface area contributed by atoms with Gasteiger partial charge in [-0.15, -0.1) is 0 Å². The Labute approximate surface area is 137 Å². The standard InChI is InChI=1S/C16H21N3O3S/c1-4-15(20)18-13-7-9-14(10-8-13)23(21,22)19(3)16(2,11-17)12-5-6-12/h7-10,12H,4-6H2,1-3H3,(H,18,20)/t16-/m1/s1. The molecule has 7 heteroatoms. The molecule has 23 heavy (non-hydrogen) atoms. The fraction of sp³-hybridized carbons (Fsp3) is 0.500. The van der Waals surface area contributed by atoms with E-state index in [0.29, 0.717) is 12.1 Å². The number of hydrogen-bond acceptors (Lipinski definition) is 4. The van der Waals surface area contributed by atoms with Crippen LogP contribution in [0, 0.1) is 17.2 Å². The number of carbonyl (C=O) groups is 1. The molecule has 0 aromatic heterocycles. The van der Waals surface area contributed by atoms with Crippen molar-refractivity contribution in [3.8, 4) is 6.07 Å². The molecule has 0 bridgehead atoms. The Kier molecular flexibility index (Phi) is 4.78. The maximum atomic E-state index is 12.7. The second-order valence-electron chi connectivity index (χ2n) is 5.93. The van der Waals surface area contributed by atoms with Crippen LogP contribution in [0.4, 0.5) is 5.69 Å². The molecule has 0 aliphatic heterocycles. The summed E-state index contributed by atoms with van der Waals surface area (Å²) in [5.41, 5.74) is -0.489. The van der Waals surface area contributed by atoms with Crippen LogP contribution in [0.1, 0.15) is 33.1 Å². The van der Waals surface area contributed by atoms with Gasteiger partial charge in [-0.25, -0.2) is 8.42 Å². The molecule has 1 aromatic carbocycles. The first kappa shape index (κ1) is 17.4. The number of carbonyl (C=O) groups excluding carboxylic acids is 1. The molecule has 1 aliphatic rings. The average molecular weight is 335 g/mol. The second-order valence-corrected chi connectivity index (χ2v) is 7.90. The van der Waals surface area contributed by atoms with Gasteiger partial charge >= 0.3 is 0 Å². The van der Waals surface area contributed by atoms with Gasteiger partial charge in [0.15, 0.2) is 0 Å². The van der Waals surface area contributed by atoms with Crippen molar-refractivity contribution in [2.45, 2.75) is 43.5 Å². The Bertz CT molecular complexity index is 733. The topological polar surface area (TPSA) is 90.3 Å². The maximum Gasteiger partial charge on any atom is 0.244 e. The molecule has 1 saturated carbocycles. The van der Waals surface area contributed by atoms with Gasteiger partial charge in [-0.3, -0.25) is 4.79 Å². The van der Waals surface area contributed by atoms with Crippen molar-refractivity contribution in [1.29, 1.82) is 5.26 Å². The molecular formula is C16H21N3O3S. The summed E-state index contributed by atoms with van der Waals surface area (Å²) in [6.07, 6.45) is 2.09. The zero-order valence-corrected chi connectivity index (χ0v) is 14.4. The number of anilines is 1. The smallest absolute Gasteiger partial charge is 0.244 e. The highest BCUT2D eigenvalue weighted by atomic mass is 32.2. The third kappa shape index (κ3) is 3.38. The number of sulfonamides is 1. The van der Waals surface area contributed by atoms with Crippen molar-refractivity contribution in [3.05, 3.63) is 24.3 Å². The first-order valence-corrected chi connectivity index (χ1v) is 9.00. The summed E-state index contributed by atoms with van der Waals surface area (Å²) in [5.74, 6) is -0.0566. The molecule has 1 N–H and O–H groups in total. The largest absolute Gasteiger partial charge is 0.326 e. The third-order valence-electron chi connectivity index (χ3n) is 4.37. The molecule has 0 radical (unpaired) electrons. The Morgan fingerprint density at radius 3 is 2.39 bits per heavy atom. The first-order chi connectivity index (χ1) is 10.8. The van der Waals surface area contributed by atoms with Gasteiger partial charge in [0, 0.05) is 19.2 Å². The Morgan fingerprint density at radius 2 is 1.96 bits per heavy atom. The number of benzene rings is 1. The van der Waals surface area contributed by atoms with Gasteiger partial charge in [0.05, 0.1) is 11.0 Å². The van der Waals surface area contributed by atoms with Crippen molar-refractivity contribution >= 4 is 21.6 Å². The summed E-state index contributed by atoms with van der Waals surface area (Å²) in [7, 11) is -2.32. The van der Waals surface area contributed by atoms with Crippen LogP contribution in [0.25, 0.3) is 0 Å². The molecule has 0 heterocycles. The monoisotopic (exact) mass is 335 g/mol. The predicted molar refractivity (Wildman–Crippen MR) is 87.1 cm³/mol. The van der Waals surface area contributed by atoms with Gasteiger partial charge in [-0.2, -0.15) is 9.57 Å². The second kappa shape index (κ2) is 6.30. The third-order valence-corrected chi connectivity index (χ3v) is 6.34. The van der Waals surface area contributed by atoms with Crippen molar-refractivity contribution < 1.29 is 13.2 Å². The molecule has 1 aromatic rings. The highest BCUT2D eigenvalue weighted by Gasteiger charge is 2.49. The van der Waals surface area contributed by atoms with E-state index < -0.39 is 15.6 Å². The minimum Gasteiger partial charge on any atom is -0.326 e. The number of nitriles is 1. The quantitative estimate of drug-likeness (QED) is 0.864. The first-order valence-electron chi connectivity index (χ1n) is 7.56. The van der Waals surface area contributed by atoms with Crippen LogP contribution in [-0.4, -0.2) is 31.2 Å². The van der Waals surface area contributed by atoms with Gasteiger partial charge in [0.1, 0.15) is 5.54 Å². The molecule has 6 nitrogen and oxygen atoms in total. The van der Waals surface area contributed by atoms with Crippen LogP contribution >= 0.6 is 0 Å². The average Bonchev–Trinajstić information content (AvgIpc) is 3.39. The number of amides is 1. The number of hydrogen-bond donors (Lipinski definition) is 1. The zero-order chi connectivity index (χ0) is 17.3. The highest BCUT2D eigenvalue weighted by Crippen LogP contribution is 2.43. The zero-order valence-electron chi connectivity index (χ0n) is 13.5. The predicted octanol–water partition coefficient (Wildman–Crippen LogP) is 2.35. The van der Waals surface area contributed by atoms with Gasteiger partial charge in [0.25, 0.3) is 0 Å². The number of nitrogens with one attached hydrogen (secondary N) is 1. The van der Waals surface area contributed by atoms with Gasteiger partial charge in [-0.1, -0.05) is 6.92 Å². The van der Waals surface area contributed by atoms with Gasteiger partial charge < -0.3 is 5.32 Å². The summed E-state index contributed by atoms with van der Waals surface area (Å²) in [5, 5.41) is 12.1. The van der Waals surface area contributed by atoms with E-state index in [0.717, 1.165) is 17.1 Å². The maximum absolute atomic E-state index is 12.7. The van der Waals surface area contributed by atoms with E-state index in [1.165, 1.54) is 19.2 Å². The van der Waals surface area contributed by atoms with Crippen LogP contribution in [0.5, 0.6) is 0 Å². The summed E-state index contributed by atoms with van der Waals surface area (Å²) in [6.45, 7) is 3.40. The van der Waals surface area contributed by atoms with Gasteiger partial charge in [-0.05, 0) is 49.9 Å². The van der Waals surface area contributed by atoms with E-state index in [9.17, 15) is 18.5 Å². The molecular weight excluding hydrogens is 314 g/mol. The molecule has 2 rings (SSSR count). The van der Waals surface area contributed by atoms with Crippen LogP contribution in [0.2, 0.25) is 0 Å². The van der Waals surface area contributed by atoms with E-state index in [1.54, 1.807) is 26.0 Å². The number of rotatable bonds is 6. The molecule has 1 amide bonds. The lowest BCUT2D eigenvalue weighted by molar-refractivity contribution is -0.115. The van der Waals surface area contributed by atoms with Crippen LogP contribution in [0.15, 0.2) is 29.2 Å². The molecule has 0 saturated heterocycles. The molecule has 1 atom stereocenters. The van der Waals surface area contributed by atoms with Crippen molar-refractivity contribution in [2.24, 2.45) is 5.92 Å². The van der Waals surface area contributed by atoms with Crippen molar-refractivity contribution in [3.63, 3.8) is 0 Å². The van der Waals surface area contributed by atoms with E-state index in [1.807, 2.05) is 0 Å². The molecule has 1 aliphatic carbocycles. The minimum atomic E-state index is -3.77. The number of nitrogens with zero attached hydrogens (tertiary/aromatic N) is 2. The Morgan fingerprint density at radius 1 is 1.39 bits per heavy atom. The summed E-state index contributed by atoms with van der Waals surface area (Å²) in [6, 6.07) is 8.14. The Hall–Kier alpha value is -1.91. The molecule has 0 spiro atoms. The summed E-state index contributed by atoms with van der Waals surface area (Å²) >= 11 is 0. The van der Waals surface area contributed by atoms with Crippen LogP contribution < -0.4 is 5.32 Å². The normalized spacial score (nSPS) is 17.3. The lowest BCUT2D eigenvalue weighted by atomic mass is 9.99. The van der Waals surface area contributed by atoms with Crippen LogP contribution in [-0.2, 0) is 14.8 Å². The molecule has 0 unspecified atom stereocenters. The highest BCUT2D eigenvalue weighted by molar-refractivity contribution is 7.89. The minimum absolute atomic E-state index is 0.0791. The SMILES string of the molecule is CCC(=O)Nc1ccc(S(=O)(=O)N(C)[C@](C)(C#N)C2CC2)cc1.